The molecule has 0 saturated heterocycles. The highest BCUT2D eigenvalue weighted by atomic mass is 15.1. The lowest BCUT2D eigenvalue weighted by molar-refractivity contribution is 0.539. The molecule has 2 N–H and O–H groups in total. The van der Waals surface area contributed by atoms with Gasteiger partial charge in [0.05, 0.1) is 0 Å². The SMILES string of the molecule is CC(CCN)CN(C)c1ccc2ccccc2c1. The van der Waals surface area contributed by atoms with Crippen LogP contribution in [0.5, 0.6) is 0 Å². The first-order valence-electron chi connectivity index (χ1n) is 6.60. The fourth-order valence-electron chi connectivity index (χ4n) is 2.36. The minimum Gasteiger partial charge on any atom is -0.374 e. The Labute approximate surface area is 109 Å². The van der Waals surface area contributed by atoms with Crippen molar-refractivity contribution in [2.45, 2.75) is 13.3 Å². The Bertz CT molecular complexity index is 507. The fraction of sp³-hybridized carbons (Fsp3) is 0.375. The quantitative estimate of drug-likeness (QED) is 0.872. The van der Waals surface area contributed by atoms with Crippen molar-refractivity contribution in [3.8, 4) is 0 Å². The first-order chi connectivity index (χ1) is 8.70. The molecule has 0 amide bonds. The molecule has 96 valence electrons. The summed E-state index contributed by atoms with van der Waals surface area (Å²) in [6, 6.07) is 15.1. The average molecular weight is 242 g/mol. The second-order valence-electron chi connectivity index (χ2n) is 5.09. The van der Waals surface area contributed by atoms with Crippen molar-refractivity contribution in [1.82, 2.24) is 0 Å². The molecule has 2 nitrogen and oxygen atoms in total. The predicted octanol–water partition coefficient (Wildman–Crippen LogP) is 3.26. The van der Waals surface area contributed by atoms with Gasteiger partial charge < -0.3 is 10.6 Å². The molecule has 1 atom stereocenters. The van der Waals surface area contributed by atoms with E-state index in [-0.39, 0.29) is 0 Å². The van der Waals surface area contributed by atoms with Crippen LogP contribution in [0.4, 0.5) is 5.69 Å². The van der Waals surface area contributed by atoms with Crippen LogP contribution < -0.4 is 10.6 Å². The van der Waals surface area contributed by atoms with Crippen LogP contribution in [0.1, 0.15) is 13.3 Å². The molecule has 0 aromatic heterocycles. The van der Waals surface area contributed by atoms with Gasteiger partial charge in [-0.1, -0.05) is 37.3 Å². The van der Waals surface area contributed by atoms with E-state index in [1.807, 2.05) is 0 Å². The van der Waals surface area contributed by atoms with Gasteiger partial charge in [0.25, 0.3) is 0 Å². The molecular weight excluding hydrogens is 220 g/mol. The van der Waals surface area contributed by atoms with E-state index in [0.717, 1.165) is 19.5 Å². The van der Waals surface area contributed by atoms with Crippen LogP contribution >= 0.6 is 0 Å². The number of nitrogens with two attached hydrogens (primary N) is 1. The molecule has 0 saturated carbocycles. The van der Waals surface area contributed by atoms with Gasteiger partial charge in [0.1, 0.15) is 0 Å². The zero-order chi connectivity index (χ0) is 13.0. The van der Waals surface area contributed by atoms with Gasteiger partial charge in [-0.15, -0.1) is 0 Å². The lowest BCUT2D eigenvalue weighted by atomic mass is 10.1. The van der Waals surface area contributed by atoms with Crippen molar-refractivity contribution in [2.24, 2.45) is 11.7 Å². The second kappa shape index (κ2) is 5.87. The highest BCUT2D eigenvalue weighted by molar-refractivity contribution is 5.85. The summed E-state index contributed by atoms with van der Waals surface area (Å²) < 4.78 is 0. The minimum absolute atomic E-state index is 0.631. The standard InChI is InChI=1S/C16H22N2/c1-13(9-10-17)12-18(2)16-8-7-14-5-3-4-6-15(14)11-16/h3-8,11,13H,9-10,12,17H2,1-2H3. The van der Waals surface area contributed by atoms with Gasteiger partial charge in [-0.05, 0) is 41.8 Å². The van der Waals surface area contributed by atoms with Crippen LogP contribution in [0.2, 0.25) is 0 Å². The normalized spacial score (nSPS) is 12.6. The highest BCUT2D eigenvalue weighted by Gasteiger charge is 2.07. The maximum absolute atomic E-state index is 5.60. The lowest BCUT2D eigenvalue weighted by Crippen LogP contribution is -2.25. The summed E-state index contributed by atoms with van der Waals surface area (Å²) in [5.41, 5.74) is 6.88. The number of benzene rings is 2. The maximum atomic E-state index is 5.60. The molecular formula is C16H22N2. The molecule has 2 aromatic carbocycles. The summed E-state index contributed by atoms with van der Waals surface area (Å²) >= 11 is 0. The number of nitrogens with zero attached hydrogens (tertiary/aromatic N) is 1. The molecule has 0 aliphatic carbocycles. The van der Waals surface area contributed by atoms with E-state index >= 15 is 0 Å². The molecule has 0 heterocycles. The van der Waals surface area contributed by atoms with E-state index in [0.29, 0.717) is 5.92 Å². The number of hydrogen-bond acceptors (Lipinski definition) is 2. The second-order valence-corrected chi connectivity index (χ2v) is 5.09. The third-order valence-corrected chi connectivity index (χ3v) is 3.42. The van der Waals surface area contributed by atoms with E-state index in [9.17, 15) is 0 Å². The van der Waals surface area contributed by atoms with E-state index in [1.165, 1.54) is 16.5 Å². The van der Waals surface area contributed by atoms with Gasteiger partial charge in [-0.3, -0.25) is 0 Å². The Kier molecular flexibility index (Phi) is 4.21. The topological polar surface area (TPSA) is 29.3 Å². The monoisotopic (exact) mass is 242 g/mol. The average Bonchev–Trinajstić information content (AvgIpc) is 2.38. The van der Waals surface area contributed by atoms with Crippen molar-refractivity contribution < 1.29 is 0 Å². The van der Waals surface area contributed by atoms with Crippen LogP contribution in [0.3, 0.4) is 0 Å². The van der Waals surface area contributed by atoms with E-state index in [1.54, 1.807) is 0 Å². The van der Waals surface area contributed by atoms with Crippen LogP contribution in [0, 0.1) is 5.92 Å². The fourth-order valence-corrected chi connectivity index (χ4v) is 2.36. The van der Waals surface area contributed by atoms with E-state index in [2.05, 4.69) is 61.3 Å². The third kappa shape index (κ3) is 3.02. The van der Waals surface area contributed by atoms with Crippen molar-refractivity contribution in [1.29, 1.82) is 0 Å². The Morgan fingerprint density at radius 3 is 2.56 bits per heavy atom. The Balaban J connectivity index is 2.15. The van der Waals surface area contributed by atoms with Crippen LogP contribution in [0.25, 0.3) is 10.8 Å². The zero-order valence-corrected chi connectivity index (χ0v) is 11.3. The number of hydrogen-bond donors (Lipinski definition) is 1. The zero-order valence-electron chi connectivity index (χ0n) is 11.3. The van der Waals surface area contributed by atoms with Gasteiger partial charge in [-0.2, -0.15) is 0 Å². The summed E-state index contributed by atoms with van der Waals surface area (Å²) in [6.07, 6.45) is 1.08. The molecule has 0 radical (unpaired) electrons. The van der Waals surface area contributed by atoms with Gasteiger partial charge in [-0.25, -0.2) is 0 Å². The van der Waals surface area contributed by atoms with E-state index in [4.69, 9.17) is 5.73 Å². The number of fused-ring (bicyclic) bond motifs is 1. The van der Waals surface area contributed by atoms with Crippen molar-refractivity contribution in [2.75, 3.05) is 25.0 Å². The van der Waals surface area contributed by atoms with E-state index < -0.39 is 0 Å². The van der Waals surface area contributed by atoms with Gasteiger partial charge >= 0.3 is 0 Å². The van der Waals surface area contributed by atoms with Gasteiger partial charge in [0.2, 0.25) is 0 Å². The van der Waals surface area contributed by atoms with Crippen molar-refractivity contribution in [3.63, 3.8) is 0 Å². The summed E-state index contributed by atoms with van der Waals surface area (Å²) in [5.74, 6) is 0.631. The first-order valence-corrected chi connectivity index (χ1v) is 6.60. The van der Waals surface area contributed by atoms with Crippen molar-refractivity contribution >= 4 is 16.5 Å². The number of rotatable bonds is 5. The Morgan fingerprint density at radius 1 is 1.11 bits per heavy atom. The Morgan fingerprint density at radius 2 is 1.83 bits per heavy atom. The molecule has 0 aliphatic heterocycles. The molecule has 0 spiro atoms. The molecule has 2 rings (SSSR count). The highest BCUT2D eigenvalue weighted by Crippen LogP contribution is 2.22. The molecule has 2 aromatic rings. The molecule has 0 aliphatic rings. The van der Waals surface area contributed by atoms with Crippen LogP contribution in [-0.4, -0.2) is 20.1 Å². The maximum Gasteiger partial charge on any atom is 0.0370 e. The van der Waals surface area contributed by atoms with Crippen LogP contribution in [0.15, 0.2) is 42.5 Å². The molecule has 18 heavy (non-hydrogen) atoms. The minimum atomic E-state index is 0.631. The summed E-state index contributed by atoms with van der Waals surface area (Å²) in [7, 11) is 2.15. The first kappa shape index (κ1) is 12.9. The third-order valence-electron chi connectivity index (χ3n) is 3.42. The van der Waals surface area contributed by atoms with Crippen LogP contribution in [-0.2, 0) is 0 Å². The summed E-state index contributed by atoms with van der Waals surface area (Å²) in [5, 5.41) is 2.60. The van der Waals surface area contributed by atoms with Gasteiger partial charge in [0, 0.05) is 19.3 Å². The van der Waals surface area contributed by atoms with Crippen molar-refractivity contribution in [3.05, 3.63) is 42.5 Å². The largest absolute Gasteiger partial charge is 0.374 e. The smallest absolute Gasteiger partial charge is 0.0370 e. The molecule has 0 bridgehead atoms. The summed E-state index contributed by atoms with van der Waals surface area (Å²) in [6.45, 7) is 4.08. The Hall–Kier alpha value is -1.54. The predicted molar refractivity (Wildman–Crippen MR) is 80.1 cm³/mol. The molecule has 1 unspecified atom stereocenters. The molecule has 2 heteroatoms. The lowest BCUT2D eigenvalue weighted by Gasteiger charge is -2.23. The number of anilines is 1. The molecule has 0 fully saturated rings. The summed E-state index contributed by atoms with van der Waals surface area (Å²) in [4.78, 5) is 2.31. The van der Waals surface area contributed by atoms with Gasteiger partial charge in [0.15, 0.2) is 0 Å².